The van der Waals surface area contributed by atoms with Gasteiger partial charge in [-0.1, -0.05) is 6.92 Å². The molecule has 0 saturated heterocycles. The number of rotatable bonds is 3. The minimum Gasteiger partial charge on any atom is -0.369 e. The lowest BCUT2D eigenvalue weighted by molar-refractivity contribution is 0.218. The lowest BCUT2D eigenvalue weighted by Crippen LogP contribution is -2.60. The van der Waals surface area contributed by atoms with Gasteiger partial charge in [0.1, 0.15) is 22.9 Å². The molecule has 0 radical (unpaired) electrons. The van der Waals surface area contributed by atoms with Crippen molar-refractivity contribution in [3.05, 3.63) is 46.7 Å². The quantitative estimate of drug-likeness (QED) is 0.618. The van der Waals surface area contributed by atoms with Gasteiger partial charge >= 0.3 is 0 Å². The monoisotopic (exact) mass is 535 g/mol. The van der Waals surface area contributed by atoms with Gasteiger partial charge in [0.25, 0.3) is 0 Å². The summed E-state index contributed by atoms with van der Waals surface area (Å²) >= 11 is 3.39. The fourth-order valence-electron chi connectivity index (χ4n) is 5.36. The molecule has 12 heteroatoms. The molecule has 174 valence electrons. The van der Waals surface area contributed by atoms with Crippen molar-refractivity contribution in [2.75, 3.05) is 12.4 Å². The number of anilines is 1. The Morgan fingerprint density at radius 1 is 1.30 bits per heavy atom. The number of nitrogens with zero attached hydrogens (tertiary/aromatic N) is 5. The molecule has 1 aliphatic heterocycles. The topological polar surface area (TPSA) is 126 Å². The summed E-state index contributed by atoms with van der Waals surface area (Å²) in [5.41, 5.74) is 6.77. The van der Waals surface area contributed by atoms with E-state index in [-0.39, 0.29) is 5.96 Å². The summed E-state index contributed by atoms with van der Waals surface area (Å²) in [4.78, 5) is 17.6. The number of hydrogen-bond acceptors (Lipinski definition) is 8. The van der Waals surface area contributed by atoms with E-state index in [4.69, 9.17) is 5.73 Å². The van der Waals surface area contributed by atoms with Gasteiger partial charge in [-0.2, -0.15) is 0 Å². The van der Waals surface area contributed by atoms with E-state index < -0.39 is 38.5 Å². The first-order valence-electron chi connectivity index (χ1n) is 10.6. The van der Waals surface area contributed by atoms with Crippen molar-refractivity contribution in [1.29, 1.82) is 0 Å². The molecule has 0 spiro atoms. The average Bonchev–Trinajstić information content (AvgIpc) is 3.19. The van der Waals surface area contributed by atoms with Crippen LogP contribution < -0.4 is 11.1 Å². The highest BCUT2D eigenvalue weighted by atomic mass is 79.9. The lowest BCUT2D eigenvalue weighted by Gasteiger charge is -2.46. The molecule has 4 atom stereocenters. The zero-order valence-corrected chi connectivity index (χ0v) is 20.4. The Morgan fingerprint density at radius 2 is 2.09 bits per heavy atom. The third kappa shape index (κ3) is 3.33. The van der Waals surface area contributed by atoms with Crippen molar-refractivity contribution in [3.8, 4) is 0 Å². The van der Waals surface area contributed by atoms with Crippen LogP contribution in [0.25, 0.3) is 11.0 Å². The molecule has 2 unspecified atom stereocenters. The van der Waals surface area contributed by atoms with Gasteiger partial charge in [-0.05, 0) is 53.4 Å². The summed E-state index contributed by atoms with van der Waals surface area (Å²) in [7, 11) is -2.35. The zero-order valence-electron chi connectivity index (χ0n) is 18.0. The maximum atomic E-state index is 15.4. The summed E-state index contributed by atoms with van der Waals surface area (Å²) in [6.45, 7) is 1.87. The van der Waals surface area contributed by atoms with Gasteiger partial charge in [-0.25, -0.2) is 37.1 Å². The molecule has 3 N–H and O–H groups in total. The predicted octanol–water partition coefficient (Wildman–Crippen LogP) is 3.08. The first kappa shape index (κ1) is 22.2. The molecule has 2 aromatic heterocycles. The highest BCUT2D eigenvalue weighted by Crippen LogP contribution is 2.53. The highest BCUT2D eigenvalue weighted by Gasteiger charge is 2.61. The highest BCUT2D eigenvalue weighted by molar-refractivity contribution is 9.10. The summed E-state index contributed by atoms with van der Waals surface area (Å²) in [5.74, 6) is -1.21. The Balaban J connectivity index is 1.55. The van der Waals surface area contributed by atoms with E-state index >= 15 is 4.39 Å². The number of allylic oxidation sites excluding steroid dienone is 3. The van der Waals surface area contributed by atoms with Gasteiger partial charge in [0.15, 0.2) is 5.82 Å². The van der Waals surface area contributed by atoms with Crippen molar-refractivity contribution < 1.29 is 12.8 Å². The Morgan fingerprint density at radius 3 is 2.88 bits per heavy atom. The van der Waals surface area contributed by atoms with Crippen LogP contribution in [0.5, 0.6) is 0 Å². The van der Waals surface area contributed by atoms with E-state index in [0.29, 0.717) is 41.8 Å². The van der Waals surface area contributed by atoms with Crippen LogP contribution >= 0.6 is 15.9 Å². The van der Waals surface area contributed by atoms with Gasteiger partial charge in [0.2, 0.25) is 16.0 Å². The molecule has 0 bridgehead atoms. The standard InChI is InChI=1S/C21H23BrFN7O2S/c1-11-14(28-19-18-15(26-10-27-19)8-12(22)9-25-18)6-5-13(23)17(11)21-7-3-4-16(21)33(31,32)30(2)20(24)29-21/h5-6,8-11,16-17H,3-4,7H2,1-2H3,(H2,24,29)(H,26,27,28)/t11?,16-,17?,21+/m1/s1. The van der Waals surface area contributed by atoms with E-state index in [1.807, 2.05) is 13.0 Å². The second kappa shape index (κ2) is 7.73. The van der Waals surface area contributed by atoms with Gasteiger partial charge in [-0.15, -0.1) is 0 Å². The van der Waals surface area contributed by atoms with E-state index in [2.05, 4.69) is 41.2 Å². The number of pyridine rings is 1. The van der Waals surface area contributed by atoms with Gasteiger partial charge < -0.3 is 11.1 Å². The molecule has 33 heavy (non-hydrogen) atoms. The SMILES string of the molecule is CC1C(Nc2ncnc3cc(Br)cnc23)=CC=C(F)C1[C@]12CCC[C@H]1S(=O)(=O)N(C)C(N)=N2. The molecule has 1 fully saturated rings. The largest absolute Gasteiger partial charge is 0.369 e. The van der Waals surface area contributed by atoms with Crippen molar-refractivity contribution in [1.82, 2.24) is 19.3 Å². The van der Waals surface area contributed by atoms with E-state index in [9.17, 15) is 8.42 Å². The molecule has 0 amide bonds. The molecule has 2 aromatic rings. The fraction of sp³-hybridized carbons (Fsp3) is 0.429. The lowest BCUT2D eigenvalue weighted by atomic mass is 9.71. The van der Waals surface area contributed by atoms with Crippen LogP contribution in [-0.2, 0) is 10.0 Å². The molecule has 9 nitrogen and oxygen atoms in total. The van der Waals surface area contributed by atoms with Crippen molar-refractivity contribution in [3.63, 3.8) is 0 Å². The van der Waals surface area contributed by atoms with Crippen LogP contribution in [0.3, 0.4) is 0 Å². The minimum atomic E-state index is -3.74. The third-order valence-electron chi connectivity index (χ3n) is 6.94. The number of guanidine groups is 1. The van der Waals surface area contributed by atoms with E-state index in [0.717, 1.165) is 8.78 Å². The number of halogens is 2. The van der Waals surface area contributed by atoms with Crippen LogP contribution in [0.2, 0.25) is 0 Å². The van der Waals surface area contributed by atoms with Gasteiger partial charge in [0.05, 0.1) is 11.1 Å². The second-order valence-corrected chi connectivity index (χ2v) is 11.7. The summed E-state index contributed by atoms with van der Waals surface area (Å²) in [5, 5.41) is 2.45. The van der Waals surface area contributed by atoms with E-state index in [1.54, 1.807) is 12.3 Å². The second-order valence-electron chi connectivity index (χ2n) is 8.66. The van der Waals surface area contributed by atoms with Crippen molar-refractivity contribution in [2.24, 2.45) is 22.6 Å². The number of hydrogen-bond donors (Lipinski definition) is 2. The molecular weight excluding hydrogens is 513 g/mol. The average molecular weight is 536 g/mol. The van der Waals surface area contributed by atoms with Crippen LogP contribution in [0.15, 0.2) is 51.7 Å². The predicted molar refractivity (Wildman–Crippen MR) is 127 cm³/mol. The fourth-order valence-corrected chi connectivity index (χ4v) is 7.66. The minimum absolute atomic E-state index is 0.103. The van der Waals surface area contributed by atoms with Gasteiger partial charge in [-0.3, -0.25) is 0 Å². The normalized spacial score (nSPS) is 31.0. The van der Waals surface area contributed by atoms with Crippen molar-refractivity contribution in [2.45, 2.75) is 37.0 Å². The summed E-state index contributed by atoms with van der Waals surface area (Å²) in [6.07, 6.45) is 7.61. The number of aliphatic imine (C=N–C) groups is 1. The van der Waals surface area contributed by atoms with Crippen LogP contribution in [-0.4, -0.2) is 51.5 Å². The summed E-state index contributed by atoms with van der Waals surface area (Å²) in [6, 6.07) is 1.83. The Kier molecular flexibility index (Phi) is 5.20. The summed E-state index contributed by atoms with van der Waals surface area (Å²) < 4.78 is 43.6. The first-order chi connectivity index (χ1) is 15.6. The van der Waals surface area contributed by atoms with Crippen LogP contribution in [0.4, 0.5) is 10.2 Å². The molecule has 0 aromatic carbocycles. The van der Waals surface area contributed by atoms with Crippen molar-refractivity contribution >= 4 is 48.8 Å². The maximum absolute atomic E-state index is 15.4. The Labute approximate surface area is 199 Å². The smallest absolute Gasteiger partial charge is 0.242 e. The molecule has 1 saturated carbocycles. The molecule has 2 aliphatic carbocycles. The molecule has 3 aliphatic rings. The third-order valence-corrected chi connectivity index (χ3v) is 9.69. The number of sulfonamides is 1. The van der Waals surface area contributed by atoms with Gasteiger partial charge in [0, 0.05) is 35.3 Å². The number of nitrogens with two attached hydrogens (primary N) is 1. The zero-order chi connectivity index (χ0) is 23.5. The van der Waals surface area contributed by atoms with Crippen LogP contribution in [0, 0.1) is 11.8 Å². The number of nitrogens with one attached hydrogen (secondary N) is 1. The Bertz CT molecular complexity index is 1350. The Hall–Kier alpha value is -2.60. The molecular formula is C21H23BrFN7O2S. The van der Waals surface area contributed by atoms with E-state index in [1.165, 1.54) is 19.5 Å². The number of aromatic nitrogens is 3. The van der Waals surface area contributed by atoms with Crippen LogP contribution in [0.1, 0.15) is 26.2 Å². The maximum Gasteiger partial charge on any atom is 0.242 e. The first-order valence-corrected chi connectivity index (χ1v) is 12.9. The number of fused-ring (bicyclic) bond motifs is 2. The molecule has 3 heterocycles. The molecule has 5 rings (SSSR count).